The van der Waals surface area contributed by atoms with Gasteiger partial charge in [0.15, 0.2) is 0 Å². The molecule has 3 aromatic rings. The number of piperazine rings is 1. The van der Waals surface area contributed by atoms with Crippen LogP contribution in [0.2, 0.25) is 0 Å². The number of anilines is 1. The van der Waals surface area contributed by atoms with Crippen LogP contribution in [0.15, 0.2) is 48.7 Å². The fourth-order valence-corrected chi connectivity index (χ4v) is 4.13. The van der Waals surface area contributed by atoms with E-state index in [1.54, 1.807) is 24.3 Å². The van der Waals surface area contributed by atoms with Crippen molar-refractivity contribution in [1.82, 2.24) is 15.2 Å². The van der Waals surface area contributed by atoms with Crippen molar-refractivity contribution in [1.29, 1.82) is 0 Å². The molecule has 0 radical (unpaired) electrons. The molecule has 1 aromatic heterocycles. The summed E-state index contributed by atoms with van der Waals surface area (Å²) in [6.45, 7) is -13.2. The van der Waals surface area contributed by atoms with Crippen LogP contribution in [-0.2, 0) is 20.6 Å². The second-order valence-corrected chi connectivity index (χ2v) is 8.99. The molecule has 2 aromatic carbocycles. The van der Waals surface area contributed by atoms with Crippen LogP contribution in [-0.4, -0.2) is 64.3 Å². The molecule has 0 spiro atoms. The molecule has 0 saturated carbocycles. The summed E-state index contributed by atoms with van der Waals surface area (Å²) in [4.78, 5) is 41.5. The van der Waals surface area contributed by atoms with Crippen LogP contribution in [0.1, 0.15) is 41.5 Å². The average Bonchev–Trinajstić information content (AvgIpc) is 3.45. The number of carbonyl (C=O) groups excluding carboxylic acids is 3. The number of benzene rings is 2. The molecule has 198 valence electrons. The van der Waals surface area contributed by atoms with E-state index in [4.69, 9.17) is 11.0 Å². The Labute approximate surface area is 227 Å². The normalized spacial score (nSPS) is 25.4. The number of imide groups is 1. The third-order valence-electron chi connectivity index (χ3n) is 5.90. The minimum absolute atomic E-state index is 0.0459. The van der Waals surface area contributed by atoms with Gasteiger partial charge in [-0.05, 0) is 38.1 Å². The van der Waals surface area contributed by atoms with Crippen LogP contribution in [0.25, 0.3) is 22.0 Å². The van der Waals surface area contributed by atoms with Crippen molar-refractivity contribution in [2.75, 3.05) is 30.9 Å². The van der Waals surface area contributed by atoms with Crippen molar-refractivity contribution in [3.8, 4) is 0 Å². The van der Waals surface area contributed by atoms with Gasteiger partial charge in [-0.1, -0.05) is 18.2 Å². The number of nitrogens with one attached hydrogen (secondary N) is 2. The fourth-order valence-electron chi connectivity index (χ4n) is 4.13. The zero-order valence-corrected chi connectivity index (χ0v) is 19.8. The van der Waals surface area contributed by atoms with Crippen molar-refractivity contribution >= 4 is 45.5 Å². The average molecular weight is 535 g/mol. The van der Waals surface area contributed by atoms with Gasteiger partial charge in [0.05, 0.1) is 27.7 Å². The summed E-state index contributed by atoms with van der Waals surface area (Å²) < 4.78 is 112. The number of rotatable bonds is 4. The van der Waals surface area contributed by atoms with Crippen molar-refractivity contribution in [3.63, 3.8) is 0 Å². The van der Waals surface area contributed by atoms with Crippen molar-refractivity contribution in [2.45, 2.75) is 25.6 Å². The lowest BCUT2D eigenvalue weighted by molar-refractivity contribution is -0.148. The first kappa shape index (κ1) is 17.4. The van der Waals surface area contributed by atoms with Gasteiger partial charge in [0.2, 0.25) is 0 Å². The molecular formula is C27H25F3N4O4. The lowest BCUT2D eigenvalue weighted by Crippen LogP contribution is -2.54. The van der Waals surface area contributed by atoms with E-state index in [1.807, 2.05) is 5.32 Å². The summed E-state index contributed by atoms with van der Waals surface area (Å²) >= 11 is 0. The number of halogens is 3. The van der Waals surface area contributed by atoms with Crippen LogP contribution in [0.5, 0.6) is 0 Å². The molecule has 0 aliphatic carbocycles. The Bertz CT molecular complexity index is 1820. The van der Waals surface area contributed by atoms with Crippen molar-refractivity contribution in [2.24, 2.45) is 0 Å². The smallest absolute Gasteiger partial charge is 0.381 e. The Morgan fingerprint density at radius 3 is 2.24 bits per heavy atom. The maximum atomic E-state index is 14.4. The zero-order chi connectivity index (χ0) is 34.6. The number of hydrogen-bond donors (Lipinski definition) is 3. The second kappa shape index (κ2) is 9.02. The summed E-state index contributed by atoms with van der Waals surface area (Å²) in [6.07, 6.45) is -3.88. The Balaban J connectivity index is 1.81. The molecule has 2 aliphatic rings. The van der Waals surface area contributed by atoms with Gasteiger partial charge in [-0.15, -0.1) is 0 Å². The van der Waals surface area contributed by atoms with Gasteiger partial charge in [0.1, 0.15) is 5.60 Å². The minimum Gasteiger partial charge on any atom is -0.381 e. The van der Waals surface area contributed by atoms with Crippen LogP contribution in [0.4, 0.5) is 18.9 Å². The summed E-state index contributed by atoms with van der Waals surface area (Å²) in [5, 5.41) is 12.6. The molecule has 0 atom stereocenters. The molecule has 1 saturated heterocycles. The Morgan fingerprint density at radius 2 is 1.61 bits per heavy atom. The zero-order valence-electron chi connectivity index (χ0n) is 27.8. The number of alkyl halides is 3. The third kappa shape index (κ3) is 4.43. The standard InChI is InChI=1S/C27H25F3N4O4/c1-26(2,38)25(37)34-11-9-33(10-12-34)15-7-8-19(27(28,29)30)17(13-15)21-22(24(36)32-23(21)35)18-14-31-20-6-4-3-5-16(18)20/h3-8,13-14,31,38H,9-12H2,1-2H3,(H,32,35,36)/i9D2,10D2,11D2,12D2. The van der Waals surface area contributed by atoms with E-state index in [-0.39, 0.29) is 10.5 Å². The molecular weight excluding hydrogens is 501 g/mol. The van der Waals surface area contributed by atoms with Gasteiger partial charge in [0.25, 0.3) is 17.7 Å². The van der Waals surface area contributed by atoms with Gasteiger partial charge in [-0.3, -0.25) is 19.7 Å². The highest BCUT2D eigenvalue weighted by molar-refractivity contribution is 6.50. The van der Waals surface area contributed by atoms with Gasteiger partial charge in [0, 0.05) is 59.9 Å². The SMILES string of the molecule is [2H]C1([2H])N(C(=O)C(C)(C)O)C([2H])([2H])C([2H])([2H])N(c2ccc(C(F)(F)F)c(C3=C(c4c[nH]c5ccccc45)C(=O)NC3=O)c2)C1([2H])[2H]. The number of nitrogens with zero attached hydrogens (tertiary/aromatic N) is 2. The maximum absolute atomic E-state index is 14.4. The molecule has 3 amide bonds. The van der Waals surface area contributed by atoms with E-state index in [9.17, 15) is 32.7 Å². The Hall–Kier alpha value is -4.12. The van der Waals surface area contributed by atoms with E-state index < -0.39 is 88.3 Å². The first-order valence-electron chi connectivity index (χ1n) is 15.1. The first-order chi connectivity index (χ1) is 20.9. The molecule has 8 nitrogen and oxygen atoms in total. The van der Waals surface area contributed by atoms with Crippen LogP contribution in [0, 0.1) is 0 Å². The number of hydrogen-bond acceptors (Lipinski definition) is 5. The molecule has 11 heteroatoms. The van der Waals surface area contributed by atoms with E-state index >= 15 is 0 Å². The Kier molecular flexibility index (Phi) is 4.13. The monoisotopic (exact) mass is 534 g/mol. The molecule has 1 fully saturated rings. The highest BCUT2D eigenvalue weighted by Gasteiger charge is 2.41. The predicted octanol–water partition coefficient (Wildman–Crippen LogP) is 3.17. The van der Waals surface area contributed by atoms with E-state index in [0.29, 0.717) is 29.1 Å². The highest BCUT2D eigenvalue weighted by atomic mass is 19.4. The number of amides is 3. The summed E-state index contributed by atoms with van der Waals surface area (Å²) in [6, 6.07) is 7.84. The molecule has 3 N–H and O–H groups in total. The first-order valence-corrected chi connectivity index (χ1v) is 11.1. The molecule has 2 aliphatic heterocycles. The quantitative estimate of drug-likeness (QED) is 0.446. The number of aromatic amines is 1. The minimum atomic E-state index is -5.18. The number of H-pyrrole nitrogens is 1. The fraction of sp³-hybridized carbons (Fsp3) is 0.296. The van der Waals surface area contributed by atoms with Crippen LogP contribution >= 0.6 is 0 Å². The number of aliphatic hydroxyl groups is 1. The van der Waals surface area contributed by atoms with E-state index in [1.165, 1.54) is 6.20 Å². The number of aromatic nitrogens is 1. The second-order valence-electron chi connectivity index (χ2n) is 8.99. The highest BCUT2D eigenvalue weighted by Crippen LogP contribution is 2.42. The van der Waals surface area contributed by atoms with Crippen molar-refractivity contribution < 1.29 is 43.6 Å². The van der Waals surface area contributed by atoms with Gasteiger partial charge >= 0.3 is 6.18 Å². The van der Waals surface area contributed by atoms with E-state index in [2.05, 4.69) is 4.98 Å². The lowest BCUT2D eigenvalue weighted by Gasteiger charge is -2.38. The maximum Gasteiger partial charge on any atom is 0.417 e. The van der Waals surface area contributed by atoms with Crippen LogP contribution in [0.3, 0.4) is 0 Å². The number of carbonyl (C=O) groups is 3. The molecule has 0 bridgehead atoms. The largest absolute Gasteiger partial charge is 0.417 e. The van der Waals surface area contributed by atoms with Gasteiger partial charge in [-0.25, -0.2) is 0 Å². The lowest BCUT2D eigenvalue weighted by atomic mass is 9.92. The van der Waals surface area contributed by atoms with Gasteiger partial charge in [-0.2, -0.15) is 13.2 Å². The summed E-state index contributed by atoms with van der Waals surface area (Å²) in [5.41, 5.74) is -6.61. The third-order valence-corrected chi connectivity index (χ3v) is 5.90. The summed E-state index contributed by atoms with van der Waals surface area (Å²) in [5.74, 6) is -4.02. The van der Waals surface area contributed by atoms with Crippen LogP contribution < -0.4 is 10.2 Å². The molecule has 5 rings (SSSR count). The van der Waals surface area contributed by atoms with Crippen molar-refractivity contribution in [3.05, 3.63) is 65.4 Å². The van der Waals surface area contributed by atoms with E-state index in [0.717, 1.165) is 13.8 Å². The molecule has 38 heavy (non-hydrogen) atoms. The predicted molar refractivity (Wildman–Crippen MR) is 135 cm³/mol. The summed E-state index contributed by atoms with van der Waals surface area (Å²) in [7, 11) is 0. The Morgan fingerprint density at radius 1 is 0.974 bits per heavy atom. The number of fused-ring (bicyclic) bond motifs is 1. The molecule has 3 heterocycles. The number of para-hydroxylation sites is 1. The molecule has 0 unspecified atom stereocenters. The van der Waals surface area contributed by atoms with Gasteiger partial charge < -0.3 is 19.9 Å². The topological polar surface area (TPSA) is 106 Å².